The van der Waals surface area contributed by atoms with Gasteiger partial charge in [-0.05, 0) is 12.1 Å². The zero-order chi connectivity index (χ0) is 24.1. The number of nitrogens with one attached hydrogen (secondary N) is 2. The van der Waals surface area contributed by atoms with Crippen molar-refractivity contribution < 1.29 is 27.5 Å². The Bertz CT molecular complexity index is 951. The lowest BCUT2D eigenvalue weighted by Gasteiger charge is -2.23. The van der Waals surface area contributed by atoms with Gasteiger partial charge in [-0.1, -0.05) is 32.9 Å². The molecule has 0 unspecified atom stereocenters. The lowest BCUT2D eigenvalue weighted by Crippen LogP contribution is -2.42. The molecule has 0 saturated carbocycles. The Hall–Kier alpha value is -3.08. The van der Waals surface area contributed by atoms with Crippen LogP contribution in [0.2, 0.25) is 0 Å². The number of aromatic nitrogens is 2. The lowest BCUT2D eigenvalue weighted by molar-refractivity contribution is -0.137. The first kappa shape index (κ1) is 25.2. The van der Waals surface area contributed by atoms with Crippen molar-refractivity contribution in [2.75, 3.05) is 37.4 Å². The number of carbonyl (C=O) groups excluding carboxylic acids is 2. The molecule has 0 bridgehead atoms. The number of alkyl halides is 3. The van der Waals surface area contributed by atoms with E-state index in [1.54, 1.807) is 13.1 Å². The van der Waals surface area contributed by atoms with Crippen LogP contribution in [0.3, 0.4) is 0 Å². The number of rotatable bonds is 7. The number of para-hydroxylation sites is 1. The Balaban J connectivity index is 2.14. The first-order chi connectivity index (χ1) is 14.8. The average Bonchev–Trinajstić information content (AvgIpc) is 3.05. The Labute approximate surface area is 184 Å². The van der Waals surface area contributed by atoms with E-state index < -0.39 is 29.4 Å². The lowest BCUT2D eigenvalue weighted by atomic mass is 9.92. The summed E-state index contributed by atoms with van der Waals surface area (Å²) in [6.07, 6.45) is -4.64. The van der Waals surface area contributed by atoms with Gasteiger partial charge >= 0.3 is 12.2 Å². The summed E-state index contributed by atoms with van der Waals surface area (Å²) in [5.41, 5.74) is -0.826. The summed E-state index contributed by atoms with van der Waals surface area (Å²) in [5.74, 6) is -0.0849. The highest BCUT2D eigenvalue weighted by Crippen LogP contribution is 2.34. The maximum atomic E-state index is 13.2. The molecule has 0 radical (unpaired) electrons. The first-order valence-electron chi connectivity index (χ1n) is 9.88. The zero-order valence-corrected chi connectivity index (χ0v) is 18.7. The zero-order valence-electron chi connectivity index (χ0n) is 18.7. The van der Waals surface area contributed by atoms with Gasteiger partial charge in [0.05, 0.1) is 23.6 Å². The molecule has 0 aliphatic rings. The molecule has 32 heavy (non-hydrogen) atoms. The average molecular weight is 455 g/mol. The van der Waals surface area contributed by atoms with Crippen LogP contribution in [-0.2, 0) is 28.2 Å². The predicted octanol–water partition coefficient (Wildman–Crippen LogP) is 3.86. The molecular formula is C21H28F3N5O3. The van der Waals surface area contributed by atoms with Gasteiger partial charge in [0.1, 0.15) is 12.4 Å². The van der Waals surface area contributed by atoms with Crippen LogP contribution in [0.4, 0.5) is 29.5 Å². The molecular weight excluding hydrogens is 427 g/mol. The molecule has 2 N–H and O–H groups in total. The van der Waals surface area contributed by atoms with Gasteiger partial charge in [-0.25, -0.2) is 4.79 Å². The largest absolute Gasteiger partial charge is 0.418 e. The molecule has 8 nitrogen and oxygen atoms in total. The van der Waals surface area contributed by atoms with Crippen molar-refractivity contribution in [3.63, 3.8) is 0 Å². The third-order valence-electron chi connectivity index (χ3n) is 4.58. The number of anilines is 2. The molecule has 11 heteroatoms. The number of nitrogens with zero attached hydrogens (tertiary/aromatic N) is 3. The molecule has 2 rings (SSSR count). The molecule has 0 spiro atoms. The fourth-order valence-corrected chi connectivity index (χ4v) is 2.79. The third-order valence-corrected chi connectivity index (χ3v) is 4.58. The molecule has 0 atom stereocenters. The van der Waals surface area contributed by atoms with Crippen molar-refractivity contribution in [1.29, 1.82) is 0 Å². The molecule has 176 valence electrons. The number of hydrogen-bond donors (Lipinski definition) is 2. The van der Waals surface area contributed by atoms with E-state index in [0.29, 0.717) is 5.82 Å². The number of urea groups is 1. The number of methoxy groups -OCH3 is 1. The normalized spacial score (nSPS) is 11.9. The topological polar surface area (TPSA) is 88.5 Å². The van der Waals surface area contributed by atoms with Crippen molar-refractivity contribution in [1.82, 2.24) is 14.7 Å². The van der Waals surface area contributed by atoms with Crippen LogP contribution in [0.15, 0.2) is 30.3 Å². The minimum Gasteiger partial charge on any atom is -0.383 e. The predicted molar refractivity (Wildman–Crippen MR) is 114 cm³/mol. The van der Waals surface area contributed by atoms with Gasteiger partial charge in [0.15, 0.2) is 0 Å². The Morgan fingerprint density at radius 1 is 1.16 bits per heavy atom. The minimum atomic E-state index is -4.64. The van der Waals surface area contributed by atoms with E-state index in [1.807, 2.05) is 20.8 Å². The first-order valence-corrected chi connectivity index (χ1v) is 9.88. The van der Waals surface area contributed by atoms with E-state index in [1.165, 1.54) is 23.9 Å². The number of halogens is 3. The van der Waals surface area contributed by atoms with Crippen molar-refractivity contribution in [2.45, 2.75) is 32.4 Å². The molecule has 0 aliphatic carbocycles. The molecule has 0 fully saturated rings. The molecule has 3 amide bonds. The van der Waals surface area contributed by atoms with Crippen LogP contribution >= 0.6 is 0 Å². The summed E-state index contributed by atoms with van der Waals surface area (Å²) in [4.78, 5) is 26.3. The Kier molecular flexibility index (Phi) is 7.89. The van der Waals surface area contributed by atoms with Crippen LogP contribution in [0.5, 0.6) is 0 Å². The molecule has 0 saturated heterocycles. The van der Waals surface area contributed by atoms with E-state index in [-0.39, 0.29) is 25.1 Å². The van der Waals surface area contributed by atoms with Gasteiger partial charge in [-0.15, -0.1) is 0 Å². The summed E-state index contributed by atoms with van der Waals surface area (Å²) in [6.45, 7) is 5.66. The van der Waals surface area contributed by atoms with E-state index in [2.05, 4.69) is 15.7 Å². The smallest absolute Gasteiger partial charge is 0.383 e. The van der Waals surface area contributed by atoms with Crippen LogP contribution in [0, 0.1) is 0 Å². The number of ether oxygens (including phenoxy) is 1. The molecule has 1 aromatic heterocycles. The van der Waals surface area contributed by atoms with Crippen LogP contribution < -0.4 is 10.6 Å². The number of carbonyl (C=O) groups is 2. The van der Waals surface area contributed by atoms with Crippen molar-refractivity contribution >= 4 is 23.4 Å². The minimum absolute atomic E-state index is 0.00255. The number of amides is 3. The van der Waals surface area contributed by atoms with E-state index in [0.717, 1.165) is 22.7 Å². The fourth-order valence-electron chi connectivity index (χ4n) is 2.79. The summed E-state index contributed by atoms with van der Waals surface area (Å²) < 4.78 is 46.1. The van der Waals surface area contributed by atoms with Gasteiger partial charge < -0.3 is 20.3 Å². The van der Waals surface area contributed by atoms with Gasteiger partial charge in [-0.2, -0.15) is 18.3 Å². The standard InChI is InChI=1S/C21H28F3N5O3/c1-20(2,3)16-12-17(28(4)27-16)26-18(30)13-29(10-11-32-5)19(31)25-15-9-7-6-8-14(15)21(22,23)24/h6-9,12H,10-11,13H2,1-5H3,(H,25,31)(H,26,30). The second-order valence-corrected chi connectivity index (χ2v) is 8.22. The van der Waals surface area contributed by atoms with Gasteiger partial charge in [0, 0.05) is 32.2 Å². The second-order valence-electron chi connectivity index (χ2n) is 8.22. The van der Waals surface area contributed by atoms with Gasteiger partial charge in [0.2, 0.25) is 5.91 Å². The van der Waals surface area contributed by atoms with E-state index >= 15 is 0 Å². The number of aryl methyl sites for hydroxylation is 1. The van der Waals surface area contributed by atoms with Crippen molar-refractivity contribution in [3.05, 3.63) is 41.6 Å². The van der Waals surface area contributed by atoms with Crippen molar-refractivity contribution in [2.24, 2.45) is 7.05 Å². The highest BCUT2D eigenvalue weighted by atomic mass is 19.4. The maximum Gasteiger partial charge on any atom is 0.418 e. The molecule has 2 aromatic rings. The second kappa shape index (κ2) is 10.0. The third kappa shape index (κ3) is 6.71. The molecule has 1 heterocycles. The molecule has 1 aromatic carbocycles. The quantitative estimate of drug-likeness (QED) is 0.664. The van der Waals surface area contributed by atoms with E-state index in [9.17, 15) is 22.8 Å². The monoisotopic (exact) mass is 455 g/mol. The fraction of sp³-hybridized carbons (Fsp3) is 0.476. The van der Waals surface area contributed by atoms with Crippen LogP contribution in [0.25, 0.3) is 0 Å². The Morgan fingerprint density at radius 3 is 2.38 bits per heavy atom. The van der Waals surface area contributed by atoms with Crippen molar-refractivity contribution in [3.8, 4) is 0 Å². The summed E-state index contributed by atoms with van der Waals surface area (Å²) in [6, 6.07) is 5.52. The van der Waals surface area contributed by atoms with Gasteiger partial charge in [0.25, 0.3) is 0 Å². The maximum absolute atomic E-state index is 13.2. The number of benzene rings is 1. The summed E-state index contributed by atoms with van der Waals surface area (Å²) in [7, 11) is 3.09. The Morgan fingerprint density at radius 2 is 1.81 bits per heavy atom. The highest BCUT2D eigenvalue weighted by molar-refractivity contribution is 5.97. The summed E-state index contributed by atoms with van der Waals surface area (Å²) >= 11 is 0. The highest BCUT2D eigenvalue weighted by Gasteiger charge is 2.34. The number of hydrogen-bond acceptors (Lipinski definition) is 4. The van der Waals surface area contributed by atoms with Crippen LogP contribution in [-0.4, -0.2) is 53.4 Å². The summed E-state index contributed by atoms with van der Waals surface area (Å²) in [5, 5.41) is 9.30. The van der Waals surface area contributed by atoms with Gasteiger partial charge in [-0.3, -0.25) is 9.48 Å². The molecule has 0 aliphatic heterocycles. The van der Waals surface area contributed by atoms with Crippen LogP contribution in [0.1, 0.15) is 32.0 Å². The SMILES string of the molecule is COCCN(CC(=O)Nc1cc(C(C)(C)C)nn1C)C(=O)Nc1ccccc1C(F)(F)F. The van der Waals surface area contributed by atoms with E-state index in [4.69, 9.17) is 4.74 Å².